The van der Waals surface area contributed by atoms with Crippen molar-refractivity contribution in [2.75, 3.05) is 13.1 Å². The second-order valence-electron chi connectivity index (χ2n) is 6.56. The first kappa shape index (κ1) is 14.1. The van der Waals surface area contributed by atoms with Gasteiger partial charge in [0.15, 0.2) is 0 Å². The highest BCUT2D eigenvalue weighted by atomic mass is 32.1. The summed E-state index contributed by atoms with van der Waals surface area (Å²) < 4.78 is 4.25. The molecule has 3 rings (SSSR count). The molecule has 0 N–H and O–H groups in total. The summed E-state index contributed by atoms with van der Waals surface area (Å²) in [6, 6.07) is 0. The van der Waals surface area contributed by atoms with Crippen LogP contribution in [-0.4, -0.2) is 28.3 Å². The average molecular weight is 292 g/mol. The first-order valence-corrected chi connectivity index (χ1v) is 8.74. The van der Waals surface area contributed by atoms with Crippen molar-refractivity contribution in [1.82, 2.24) is 9.27 Å². The Kier molecular flexibility index (Phi) is 4.11. The van der Waals surface area contributed by atoms with Crippen LogP contribution in [0.3, 0.4) is 0 Å². The molecular weight excluding hydrogens is 268 g/mol. The molecule has 1 spiro atoms. The quantitative estimate of drug-likeness (QED) is 0.783. The molecule has 4 heteroatoms. The first-order valence-electron chi connectivity index (χ1n) is 7.90. The van der Waals surface area contributed by atoms with E-state index in [1.807, 2.05) is 12.3 Å². The van der Waals surface area contributed by atoms with Crippen molar-refractivity contribution in [3.63, 3.8) is 0 Å². The lowest BCUT2D eigenvalue weighted by Crippen LogP contribution is -2.46. The maximum Gasteiger partial charge on any atom is 0.256 e. The van der Waals surface area contributed by atoms with E-state index in [1.54, 1.807) is 0 Å². The topological polar surface area (TPSA) is 33.2 Å². The molecule has 2 heterocycles. The number of piperidine rings is 1. The molecule has 1 amide bonds. The molecular formula is C16H24N2OS. The second-order valence-corrected chi connectivity index (χ2v) is 7.19. The molecule has 0 atom stereocenters. The molecule has 1 saturated heterocycles. The Hall–Kier alpha value is -0.900. The van der Waals surface area contributed by atoms with Crippen molar-refractivity contribution in [1.29, 1.82) is 0 Å². The van der Waals surface area contributed by atoms with Gasteiger partial charge >= 0.3 is 0 Å². The number of carbonyl (C=O) groups is 1. The second kappa shape index (κ2) is 5.84. The fraction of sp³-hybridized carbons (Fsp3) is 0.750. The van der Waals surface area contributed by atoms with Crippen LogP contribution in [-0.2, 0) is 0 Å². The van der Waals surface area contributed by atoms with Crippen LogP contribution in [0.2, 0.25) is 0 Å². The monoisotopic (exact) mass is 292 g/mol. The Morgan fingerprint density at radius 2 is 1.90 bits per heavy atom. The maximum absolute atomic E-state index is 12.7. The molecule has 1 aliphatic carbocycles. The normalized spacial score (nSPS) is 22.8. The lowest BCUT2D eigenvalue weighted by molar-refractivity contribution is 0.0464. The van der Waals surface area contributed by atoms with E-state index in [4.69, 9.17) is 0 Å². The molecule has 2 aliphatic rings. The molecule has 110 valence electrons. The minimum Gasteiger partial charge on any atom is -0.338 e. The molecule has 2 fully saturated rings. The Morgan fingerprint density at radius 3 is 2.55 bits per heavy atom. The summed E-state index contributed by atoms with van der Waals surface area (Å²) in [7, 11) is 0. The number of carbonyl (C=O) groups excluding carboxylic acids is 1. The summed E-state index contributed by atoms with van der Waals surface area (Å²) in [6.45, 7) is 3.84. The van der Waals surface area contributed by atoms with Gasteiger partial charge in [0.1, 0.15) is 0 Å². The van der Waals surface area contributed by atoms with E-state index >= 15 is 0 Å². The van der Waals surface area contributed by atoms with Gasteiger partial charge in [-0.25, -0.2) is 0 Å². The van der Waals surface area contributed by atoms with Crippen molar-refractivity contribution < 1.29 is 4.79 Å². The molecule has 0 bridgehead atoms. The third-order valence-electron chi connectivity index (χ3n) is 5.09. The van der Waals surface area contributed by atoms with Crippen LogP contribution in [0.4, 0.5) is 0 Å². The van der Waals surface area contributed by atoms with Gasteiger partial charge in [-0.05, 0) is 49.6 Å². The van der Waals surface area contributed by atoms with E-state index in [9.17, 15) is 4.79 Å². The first-order chi connectivity index (χ1) is 9.70. The van der Waals surface area contributed by atoms with Crippen molar-refractivity contribution in [2.24, 2.45) is 5.41 Å². The lowest BCUT2D eigenvalue weighted by atomic mass is 9.74. The van der Waals surface area contributed by atoms with Crippen LogP contribution in [0.15, 0.2) is 5.38 Å². The summed E-state index contributed by atoms with van der Waals surface area (Å²) in [5.41, 5.74) is 2.13. The summed E-state index contributed by atoms with van der Waals surface area (Å²) in [5, 5.41) is 1.91. The highest BCUT2D eigenvalue weighted by molar-refractivity contribution is 7.03. The fourth-order valence-electron chi connectivity index (χ4n) is 3.94. The number of amides is 1. The van der Waals surface area contributed by atoms with E-state index in [2.05, 4.69) is 9.27 Å². The number of hydrogen-bond donors (Lipinski definition) is 0. The Labute approximate surface area is 125 Å². The van der Waals surface area contributed by atoms with E-state index < -0.39 is 0 Å². The largest absolute Gasteiger partial charge is 0.338 e. The van der Waals surface area contributed by atoms with Gasteiger partial charge in [-0.1, -0.05) is 25.7 Å². The summed E-state index contributed by atoms with van der Waals surface area (Å²) >= 11 is 1.39. The Balaban J connectivity index is 1.74. The van der Waals surface area contributed by atoms with E-state index in [-0.39, 0.29) is 5.91 Å². The molecule has 3 nitrogen and oxygen atoms in total. The number of aromatic nitrogens is 1. The van der Waals surface area contributed by atoms with Gasteiger partial charge in [-0.3, -0.25) is 4.79 Å². The minimum atomic E-state index is 0.208. The SMILES string of the molecule is Cc1nscc1C(=O)N1CCCC2(CCCCCC2)C1. The smallest absolute Gasteiger partial charge is 0.256 e. The lowest BCUT2D eigenvalue weighted by Gasteiger charge is -2.42. The number of rotatable bonds is 1. The summed E-state index contributed by atoms with van der Waals surface area (Å²) in [4.78, 5) is 14.8. The number of likely N-dealkylation sites (tertiary alicyclic amines) is 1. The predicted octanol–water partition coefficient (Wildman–Crippen LogP) is 4.03. The van der Waals surface area contributed by atoms with Gasteiger partial charge in [0.2, 0.25) is 0 Å². The maximum atomic E-state index is 12.7. The van der Waals surface area contributed by atoms with E-state index in [0.717, 1.165) is 24.3 Å². The van der Waals surface area contributed by atoms with Crippen molar-refractivity contribution >= 4 is 17.4 Å². The van der Waals surface area contributed by atoms with Gasteiger partial charge in [0.25, 0.3) is 5.91 Å². The highest BCUT2D eigenvalue weighted by Crippen LogP contribution is 2.42. The molecule has 20 heavy (non-hydrogen) atoms. The van der Waals surface area contributed by atoms with Gasteiger partial charge in [0.05, 0.1) is 11.3 Å². The predicted molar refractivity (Wildman–Crippen MR) is 82.1 cm³/mol. The molecule has 1 aromatic heterocycles. The van der Waals surface area contributed by atoms with Crippen LogP contribution >= 0.6 is 11.5 Å². The molecule has 1 saturated carbocycles. The molecule has 0 aromatic carbocycles. The van der Waals surface area contributed by atoms with E-state index in [0.29, 0.717) is 5.41 Å². The standard InChI is InChI=1S/C16H24N2OS/c1-13-14(11-20-17-13)15(19)18-10-6-9-16(12-18)7-4-2-3-5-8-16/h11H,2-10,12H2,1H3. The highest BCUT2D eigenvalue weighted by Gasteiger charge is 2.37. The molecule has 1 aliphatic heterocycles. The van der Waals surface area contributed by atoms with Crippen LogP contribution < -0.4 is 0 Å². The zero-order valence-corrected chi connectivity index (χ0v) is 13.2. The molecule has 0 radical (unpaired) electrons. The van der Waals surface area contributed by atoms with Crippen LogP contribution in [0.5, 0.6) is 0 Å². The third-order valence-corrected chi connectivity index (χ3v) is 5.81. The van der Waals surface area contributed by atoms with Crippen molar-refractivity contribution in [3.8, 4) is 0 Å². The van der Waals surface area contributed by atoms with Gasteiger partial charge in [-0.15, -0.1) is 0 Å². The molecule has 0 unspecified atom stereocenters. The van der Waals surface area contributed by atoms with Gasteiger partial charge < -0.3 is 4.90 Å². The van der Waals surface area contributed by atoms with Gasteiger partial charge in [-0.2, -0.15) is 4.37 Å². The van der Waals surface area contributed by atoms with Gasteiger partial charge in [0, 0.05) is 18.5 Å². The summed E-state index contributed by atoms with van der Waals surface area (Å²) in [5.74, 6) is 0.208. The Bertz CT molecular complexity index is 475. The van der Waals surface area contributed by atoms with Crippen LogP contribution in [0, 0.1) is 12.3 Å². The number of hydrogen-bond acceptors (Lipinski definition) is 3. The number of nitrogens with zero attached hydrogens (tertiary/aromatic N) is 2. The third kappa shape index (κ3) is 2.76. The van der Waals surface area contributed by atoms with E-state index in [1.165, 1.54) is 62.9 Å². The van der Waals surface area contributed by atoms with Crippen LogP contribution in [0.1, 0.15) is 67.4 Å². The zero-order chi connectivity index (χ0) is 14.0. The Morgan fingerprint density at radius 1 is 1.20 bits per heavy atom. The molecule has 1 aromatic rings. The van der Waals surface area contributed by atoms with Crippen LogP contribution in [0.25, 0.3) is 0 Å². The number of aryl methyl sites for hydroxylation is 1. The minimum absolute atomic E-state index is 0.208. The fourth-order valence-corrected chi connectivity index (χ4v) is 4.62. The summed E-state index contributed by atoms with van der Waals surface area (Å²) in [6.07, 6.45) is 10.6. The zero-order valence-electron chi connectivity index (χ0n) is 12.4. The van der Waals surface area contributed by atoms with Crippen molar-refractivity contribution in [3.05, 3.63) is 16.6 Å². The van der Waals surface area contributed by atoms with Crippen molar-refractivity contribution in [2.45, 2.75) is 58.3 Å². The average Bonchev–Trinajstić information content (AvgIpc) is 2.76.